The van der Waals surface area contributed by atoms with Gasteiger partial charge in [0.25, 0.3) is 0 Å². The predicted molar refractivity (Wildman–Crippen MR) is 58.7 cm³/mol. The van der Waals surface area contributed by atoms with E-state index in [2.05, 4.69) is 10.3 Å². The van der Waals surface area contributed by atoms with Crippen molar-refractivity contribution in [2.75, 3.05) is 19.0 Å². The van der Waals surface area contributed by atoms with Crippen molar-refractivity contribution in [1.82, 2.24) is 4.98 Å². The number of carboxylic acids is 1. The first-order valence-corrected chi connectivity index (χ1v) is 5.28. The molecule has 0 aliphatic heterocycles. The molecule has 1 rings (SSSR count). The molecule has 0 spiro atoms. The molecule has 1 aromatic heterocycles. The van der Waals surface area contributed by atoms with Crippen LogP contribution in [-0.2, 0) is 4.74 Å². The van der Waals surface area contributed by atoms with Gasteiger partial charge in [-0.3, -0.25) is 0 Å². The van der Waals surface area contributed by atoms with Crippen LogP contribution in [-0.4, -0.2) is 35.3 Å². The third-order valence-corrected chi connectivity index (χ3v) is 2.43. The number of carboxylic acid groups (broad SMARTS) is 1. The van der Waals surface area contributed by atoms with Gasteiger partial charge in [0.2, 0.25) is 0 Å². The minimum Gasteiger partial charge on any atom is -0.476 e. The molecule has 15 heavy (non-hydrogen) atoms. The van der Waals surface area contributed by atoms with E-state index >= 15 is 0 Å². The maximum Gasteiger partial charge on any atom is 0.355 e. The second kappa shape index (κ2) is 4.59. The average molecular weight is 230 g/mol. The summed E-state index contributed by atoms with van der Waals surface area (Å²) < 4.78 is 5.03. The van der Waals surface area contributed by atoms with Crippen LogP contribution in [0.4, 0.5) is 5.13 Å². The normalized spacial score (nSPS) is 11.4. The lowest BCUT2D eigenvalue weighted by Crippen LogP contribution is -2.35. The van der Waals surface area contributed by atoms with Crippen LogP contribution in [0.5, 0.6) is 0 Å². The van der Waals surface area contributed by atoms with Crippen molar-refractivity contribution in [3.8, 4) is 0 Å². The van der Waals surface area contributed by atoms with Gasteiger partial charge >= 0.3 is 5.97 Å². The standard InChI is InChI=1S/C9H14N2O3S/c1-9(2,5-14-3)11-8-10-6(4-15-8)7(12)13/h4H,5H2,1-3H3,(H,10,11)(H,12,13). The van der Waals surface area contributed by atoms with Gasteiger partial charge in [0.1, 0.15) is 0 Å². The molecule has 5 nitrogen and oxygen atoms in total. The van der Waals surface area contributed by atoms with E-state index in [-0.39, 0.29) is 11.2 Å². The fourth-order valence-corrected chi connectivity index (χ4v) is 1.98. The van der Waals surface area contributed by atoms with E-state index in [1.54, 1.807) is 7.11 Å². The third kappa shape index (κ3) is 3.49. The molecule has 1 heterocycles. The van der Waals surface area contributed by atoms with Crippen molar-refractivity contribution in [2.45, 2.75) is 19.4 Å². The number of nitrogens with zero attached hydrogens (tertiary/aromatic N) is 1. The summed E-state index contributed by atoms with van der Waals surface area (Å²) in [6.45, 7) is 4.44. The number of rotatable bonds is 5. The van der Waals surface area contributed by atoms with Gasteiger partial charge in [-0.1, -0.05) is 0 Å². The number of hydrogen-bond acceptors (Lipinski definition) is 5. The quantitative estimate of drug-likeness (QED) is 0.805. The van der Waals surface area contributed by atoms with Crippen molar-refractivity contribution in [3.05, 3.63) is 11.1 Å². The molecule has 0 aliphatic rings. The molecule has 0 fully saturated rings. The van der Waals surface area contributed by atoms with Gasteiger partial charge < -0.3 is 15.2 Å². The summed E-state index contributed by atoms with van der Waals surface area (Å²) in [5.74, 6) is -1.01. The number of carbonyl (C=O) groups is 1. The highest BCUT2D eigenvalue weighted by Gasteiger charge is 2.19. The summed E-state index contributed by atoms with van der Waals surface area (Å²) in [6, 6.07) is 0. The average Bonchev–Trinajstić information content (AvgIpc) is 2.51. The Kier molecular flexibility index (Phi) is 3.65. The zero-order chi connectivity index (χ0) is 11.5. The number of hydrogen-bond donors (Lipinski definition) is 2. The van der Waals surface area contributed by atoms with Gasteiger partial charge in [0, 0.05) is 12.5 Å². The molecular formula is C9H14N2O3S. The highest BCUT2D eigenvalue weighted by molar-refractivity contribution is 7.13. The minimum atomic E-state index is -1.01. The third-order valence-electron chi connectivity index (χ3n) is 1.67. The Morgan fingerprint density at radius 1 is 1.73 bits per heavy atom. The topological polar surface area (TPSA) is 71.5 Å². The molecule has 84 valence electrons. The molecule has 0 aromatic carbocycles. The maximum atomic E-state index is 10.6. The van der Waals surface area contributed by atoms with Crippen molar-refractivity contribution in [3.63, 3.8) is 0 Å². The summed E-state index contributed by atoms with van der Waals surface area (Å²) in [5, 5.41) is 13.9. The first-order chi connectivity index (χ1) is 6.94. The first-order valence-electron chi connectivity index (χ1n) is 4.40. The lowest BCUT2D eigenvalue weighted by molar-refractivity contribution is 0.0691. The molecule has 0 saturated heterocycles. The van der Waals surface area contributed by atoms with Gasteiger partial charge in [-0.15, -0.1) is 11.3 Å². The van der Waals surface area contributed by atoms with Crippen LogP contribution in [0.15, 0.2) is 5.38 Å². The zero-order valence-corrected chi connectivity index (χ0v) is 9.72. The molecule has 0 unspecified atom stereocenters. The van der Waals surface area contributed by atoms with Gasteiger partial charge in [-0.25, -0.2) is 9.78 Å². The van der Waals surface area contributed by atoms with E-state index < -0.39 is 5.97 Å². The Morgan fingerprint density at radius 2 is 2.40 bits per heavy atom. The summed E-state index contributed by atoms with van der Waals surface area (Å²) in [7, 11) is 1.62. The second-order valence-corrected chi connectivity index (χ2v) is 4.64. The number of ether oxygens (including phenoxy) is 1. The molecule has 0 saturated carbocycles. The van der Waals surface area contributed by atoms with Gasteiger partial charge in [-0.05, 0) is 13.8 Å². The molecule has 1 aromatic rings. The highest BCUT2D eigenvalue weighted by atomic mass is 32.1. The molecule has 0 aliphatic carbocycles. The number of aromatic carboxylic acids is 1. The van der Waals surface area contributed by atoms with Crippen LogP contribution in [0, 0.1) is 0 Å². The molecule has 0 atom stereocenters. The highest BCUT2D eigenvalue weighted by Crippen LogP contribution is 2.20. The van der Waals surface area contributed by atoms with E-state index in [9.17, 15) is 4.79 Å². The van der Waals surface area contributed by atoms with Crippen LogP contribution in [0.3, 0.4) is 0 Å². The Bertz CT molecular complexity index is 349. The van der Waals surface area contributed by atoms with Crippen LogP contribution in [0.25, 0.3) is 0 Å². The first kappa shape index (κ1) is 11.9. The van der Waals surface area contributed by atoms with E-state index in [0.717, 1.165) is 0 Å². The Morgan fingerprint density at radius 3 is 2.87 bits per heavy atom. The van der Waals surface area contributed by atoms with Gasteiger partial charge in [-0.2, -0.15) is 0 Å². The SMILES string of the molecule is COCC(C)(C)Nc1nc(C(=O)O)cs1. The molecule has 6 heteroatoms. The molecule has 2 N–H and O–H groups in total. The van der Waals surface area contributed by atoms with E-state index in [1.165, 1.54) is 16.7 Å². The summed E-state index contributed by atoms with van der Waals surface area (Å²) >= 11 is 1.27. The van der Waals surface area contributed by atoms with Gasteiger partial charge in [0.05, 0.1) is 12.1 Å². The van der Waals surface area contributed by atoms with Crippen LogP contribution < -0.4 is 5.32 Å². The number of methoxy groups -OCH3 is 1. The van der Waals surface area contributed by atoms with Crippen molar-refractivity contribution in [1.29, 1.82) is 0 Å². The monoisotopic (exact) mass is 230 g/mol. The Labute approximate surface area is 92.1 Å². The number of anilines is 1. The van der Waals surface area contributed by atoms with Crippen molar-refractivity contribution < 1.29 is 14.6 Å². The number of aromatic nitrogens is 1. The van der Waals surface area contributed by atoms with Crippen molar-refractivity contribution in [2.24, 2.45) is 0 Å². The van der Waals surface area contributed by atoms with Crippen LogP contribution in [0.1, 0.15) is 24.3 Å². The maximum absolute atomic E-state index is 10.6. The fourth-order valence-electron chi connectivity index (χ4n) is 1.12. The van der Waals surface area contributed by atoms with E-state index in [4.69, 9.17) is 9.84 Å². The lowest BCUT2D eigenvalue weighted by atomic mass is 10.1. The van der Waals surface area contributed by atoms with Crippen LogP contribution >= 0.6 is 11.3 Å². The zero-order valence-electron chi connectivity index (χ0n) is 8.90. The molecule has 0 radical (unpaired) electrons. The Balaban J connectivity index is 2.68. The largest absolute Gasteiger partial charge is 0.476 e. The molecule has 0 amide bonds. The van der Waals surface area contributed by atoms with E-state index in [1.807, 2.05) is 13.8 Å². The minimum absolute atomic E-state index is 0.0655. The van der Waals surface area contributed by atoms with Crippen LogP contribution in [0.2, 0.25) is 0 Å². The van der Waals surface area contributed by atoms with Gasteiger partial charge in [0.15, 0.2) is 10.8 Å². The lowest BCUT2D eigenvalue weighted by Gasteiger charge is -2.24. The van der Waals surface area contributed by atoms with E-state index in [0.29, 0.717) is 11.7 Å². The summed E-state index contributed by atoms with van der Waals surface area (Å²) in [4.78, 5) is 14.5. The molecule has 0 bridgehead atoms. The summed E-state index contributed by atoms with van der Waals surface area (Å²) in [6.07, 6.45) is 0. The van der Waals surface area contributed by atoms with Crippen molar-refractivity contribution >= 4 is 22.4 Å². The predicted octanol–water partition coefficient (Wildman–Crippen LogP) is 1.68. The Hall–Kier alpha value is -1.14. The number of nitrogens with one attached hydrogen (secondary N) is 1. The smallest absolute Gasteiger partial charge is 0.355 e. The summed E-state index contributed by atoms with van der Waals surface area (Å²) in [5.41, 5.74) is -0.196. The number of thiazole rings is 1. The fraction of sp³-hybridized carbons (Fsp3) is 0.556. The second-order valence-electron chi connectivity index (χ2n) is 3.78. The molecular weight excluding hydrogens is 216 g/mol.